The number of benzene rings is 3. The SMILES string of the molecule is C[C@@H](NC(=O)c1ccccc1SCc1ccccc1)c1ccc(S(C)(=O)=O)cc1. The number of nitrogens with one attached hydrogen (secondary N) is 1. The van der Waals surface area contributed by atoms with Crippen molar-refractivity contribution < 1.29 is 13.2 Å². The van der Waals surface area contributed by atoms with Crippen molar-refractivity contribution in [2.45, 2.75) is 28.5 Å². The molecule has 0 bridgehead atoms. The number of carbonyl (C=O) groups is 1. The summed E-state index contributed by atoms with van der Waals surface area (Å²) in [6, 6.07) is 24.0. The van der Waals surface area contributed by atoms with Gasteiger partial charge in [0.05, 0.1) is 16.5 Å². The first-order valence-corrected chi connectivity index (χ1v) is 12.1. The van der Waals surface area contributed by atoms with E-state index in [0.29, 0.717) is 5.56 Å². The van der Waals surface area contributed by atoms with Crippen molar-refractivity contribution in [2.24, 2.45) is 0 Å². The Hall–Kier alpha value is -2.57. The predicted molar refractivity (Wildman–Crippen MR) is 118 cm³/mol. The number of hydrogen-bond acceptors (Lipinski definition) is 4. The van der Waals surface area contributed by atoms with Crippen LogP contribution in [0.4, 0.5) is 0 Å². The van der Waals surface area contributed by atoms with Gasteiger partial charge in [0, 0.05) is 16.9 Å². The molecule has 3 aromatic carbocycles. The van der Waals surface area contributed by atoms with Crippen LogP contribution in [0.5, 0.6) is 0 Å². The summed E-state index contributed by atoms with van der Waals surface area (Å²) in [7, 11) is -3.24. The molecule has 0 saturated heterocycles. The van der Waals surface area contributed by atoms with Crippen molar-refractivity contribution in [3.8, 4) is 0 Å². The molecule has 0 aromatic heterocycles. The maximum Gasteiger partial charge on any atom is 0.252 e. The first-order chi connectivity index (χ1) is 13.8. The fraction of sp³-hybridized carbons (Fsp3) is 0.174. The molecule has 6 heteroatoms. The van der Waals surface area contributed by atoms with Crippen LogP contribution >= 0.6 is 11.8 Å². The minimum absolute atomic E-state index is 0.152. The molecule has 0 spiro atoms. The fourth-order valence-electron chi connectivity index (χ4n) is 2.88. The molecular weight excluding hydrogens is 402 g/mol. The van der Waals surface area contributed by atoms with E-state index in [4.69, 9.17) is 0 Å². The van der Waals surface area contributed by atoms with E-state index in [9.17, 15) is 13.2 Å². The molecule has 1 atom stereocenters. The van der Waals surface area contributed by atoms with Gasteiger partial charge in [0.25, 0.3) is 5.91 Å². The molecule has 4 nitrogen and oxygen atoms in total. The third-order valence-electron chi connectivity index (χ3n) is 4.52. The van der Waals surface area contributed by atoms with Crippen molar-refractivity contribution in [1.82, 2.24) is 5.32 Å². The van der Waals surface area contributed by atoms with Gasteiger partial charge in [0.2, 0.25) is 0 Å². The topological polar surface area (TPSA) is 63.2 Å². The highest BCUT2D eigenvalue weighted by atomic mass is 32.2. The highest BCUT2D eigenvalue weighted by Crippen LogP contribution is 2.27. The van der Waals surface area contributed by atoms with E-state index in [1.54, 1.807) is 36.0 Å². The van der Waals surface area contributed by atoms with E-state index in [1.165, 1.54) is 11.8 Å². The lowest BCUT2D eigenvalue weighted by atomic mass is 10.1. The van der Waals surface area contributed by atoms with Gasteiger partial charge in [-0.25, -0.2) is 8.42 Å². The van der Waals surface area contributed by atoms with Gasteiger partial charge in [-0.2, -0.15) is 0 Å². The van der Waals surface area contributed by atoms with Gasteiger partial charge < -0.3 is 5.32 Å². The minimum Gasteiger partial charge on any atom is -0.345 e. The van der Waals surface area contributed by atoms with E-state index in [1.807, 2.05) is 49.4 Å². The number of amides is 1. The van der Waals surface area contributed by atoms with Crippen LogP contribution in [-0.4, -0.2) is 20.6 Å². The summed E-state index contributed by atoms with van der Waals surface area (Å²) in [5.74, 6) is 0.633. The second kappa shape index (κ2) is 9.29. The molecule has 1 amide bonds. The lowest BCUT2D eigenvalue weighted by Crippen LogP contribution is -2.27. The Bertz CT molecular complexity index is 1080. The lowest BCUT2D eigenvalue weighted by Gasteiger charge is -2.16. The van der Waals surface area contributed by atoms with Crippen LogP contribution in [0.15, 0.2) is 88.7 Å². The Labute approximate surface area is 176 Å². The number of sulfone groups is 1. The quantitative estimate of drug-likeness (QED) is 0.549. The molecule has 0 unspecified atom stereocenters. The second-order valence-corrected chi connectivity index (χ2v) is 9.84. The summed E-state index contributed by atoms with van der Waals surface area (Å²) in [5, 5.41) is 3.01. The van der Waals surface area contributed by atoms with Crippen LogP contribution in [0.25, 0.3) is 0 Å². The zero-order chi connectivity index (χ0) is 20.9. The Morgan fingerprint density at radius 2 is 1.55 bits per heavy atom. The van der Waals surface area contributed by atoms with Gasteiger partial charge in [-0.3, -0.25) is 4.79 Å². The summed E-state index contributed by atoms with van der Waals surface area (Å²) >= 11 is 1.63. The largest absolute Gasteiger partial charge is 0.345 e. The smallest absolute Gasteiger partial charge is 0.252 e. The predicted octanol–water partition coefficient (Wildman–Crippen LogP) is 4.87. The molecule has 0 aliphatic carbocycles. The fourth-order valence-corrected chi connectivity index (χ4v) is 4.51. The molecule has 0 fully saturated rings. The van der Waals surface area contributed by atoms with E-state index in [0.717, 1.165) is 16.2 Å². The second-order valence-electron chi connectivity index (χ2n) is 6.81. The first-order valence-electron chi connectivity index (χ1n) is 9.21. The van der Waals surface area contributed by atoms with Crippen LogP contribution < -0.4 is 5.32 Å². The highest BCUT2D eigenvalue weighted by molar-refractivity contribution is 7.98. The van der Waals surface area contributed by atoms with Crippen molar-refractivity contribution >= 4 is 27.5 Å². The van der Waals surface area contributed by atoms with Gasteiger partial charge in [-0.05, 0) is 42.3 Å². The normalized spacial score (nSPS) is 12.3. The molecule has 0 radical (unpaired) electrons. The molecular formula is C23H23NO3S2. The van der Waals surface area contributed by atoms with Crippen molar-refractivity contribution in [3.63, 3.8) is 0 Å². The van der Waals surface area contributed by atoms with Gasteiger partial charge in [-0.15, -0.1) is 11.8 Å². The Morgan fingerprint density at radius 1 is 0.931 bits per heavy atom. The molecule has 3 aromatic rings. The first kappa shape index (κ1) is 21.1. The standard InChI is InChI=1S/C23H23NO3S2/c1-17(19-12-14-20(15-13-19)29(2,26)27)24-23(25)21-10-6-7-11-22(21)28-16-18-8-4-3-5-9-18/h3-15,17H,16H2,1-2H3,(H,24,25)/t17-/m1/s1. The van der Waals surface area contributed by atoms with Crippen LogP contribution in [-0.2, 0) is 15.6 Å². The van der Waals surface area contributed by atoms with Crippen LogP contribution in [0.1, 0.15) is 34.5 Å². The third kappa shape index (κ3) is 5.71. The van der Waals surface area contributed by atoms with Gasteiger partial charge in [-0.1, -0.05) is 54.6 Å². The highest BCUT2D eigenvalue weighted by Gasteiger charge is 2.16. The van der Waals surface area contributed by atoms with Gasteiger partial charge >= 0.3 is 0 Å². The molecule has 1 N–H and O–H groups in total. The zero-order valence-corrected chi connectivity index (χ0v) is 18.0. The molecule has 29 heavy (non-hydrogen) atoms. The molecule has 0 heterocycles. The van der Waals surface area contributed by atoms with Crippen LogP contribution in [0.3, 0.4) is 0 Å². The minimum atomic E-state index is -3.24. The summed E-state index contributed by atoms with van der Waals surface area (Å²) in [4.78, 5) is 14.1. The maximum atomic E-state index is 12.9. The Kier molecular flexibility index (Phi) is 6.77. The van der Waals surface area contributed by atoms with E-state index in [2.05, 4.69) is 17.4 Å². The molecule has 0 aliphatic rings. The van der Waals surface area contributed by atoms with Crippen LogP contribution in [0, 0.1) is 0 Å². The molecule has 0 saturated carbocycles. The monoisotopic (exact) mass is 425 g/mol. The van der Waals surface area contributed by atoms with Crippen LogP contribution in [0.2, 0.25) is 0 Å². The van der Waals surface area contributed by atoms with E-state index >= 15 is 0 Å². The van der Waals surface area contributed by atoms with Gasteiger partial charge in [0.15, 0.2) is 9.84 Å². The van der Waals surface area contributed by atoms with Gasteiger partial charge in [0.1, 0.15) is 0 Å². The number of thioether (sulfide) groups is 1. The van der Waals surface area contributed by atoms with Crippen molar-refractivity contribution in [1.29, 1.82) is 0 Å². The summed E-state index contributed by atoms with van der Waals surface area (Å²) in [6.07, 6.45) is 1.18. The van der Waals surface area contributed by atoms with Crippen molar-refractivity contribution in [3.05, 3.63) is 95.6 Å². The molecule has 3 rings (SSSR count). The zero-order valence-electron chi connectivity index (χ0n) is 16.3. The Balaban J connectivity index is 1.70. The summed E-state index contributed by atoms with van der Waals surface area (Å²) in [6.45, 7) is 1.88. The third-order valence-corrected chi connectivity index (χ3v) is 6.80. The summed E-state index contributed by atoms with van der Waals surface area (Å²) in [5.41, 5.74) is 2.68. The molecule has 0 aliphatic heterocycles. The number of hydrogen-bond donors (Lipinski definition) is 1. The number of carbonyl (C=O) groups excluding carboxylic acids is 1. The maximum absolute atomic E-state index is 12.9. The summed E-state index contributed by atoms with van der Waals surface area (Å²) < 4.78 is 23.2. The molecule has 150 valence electrons. The average Bonchev–Trinajstić information content (AvgIpc) is 2.72. The lowest BCUT2D eigenvalue weighted by molar-refractivity contribution is 0.0937. The van der Waals surface area contributed by atoms with Crippen molar-refractivity contribution in [2.75, 3.05) is 6.26 Å². The Morgan fingerprint density at radius 3 is 2.21 bits per heavy atom. The average molecular weight is 426 g/mol. The van der Waals surface area contributed by atoms with E-state index < -0.39 is 9.84 Å². The van der Waals surface area contributed by atoms with E-state index in [-0.39, 0.29) is 16.8 Å². The number of rotatable bonds is 7.